The third-order valence-corrected chi connectivity index (χ3v) is 5.22. The van der Waals surface area contributed by atoms with Gasteiger partial charge in [-0.2, -0.15) is 0 Å². The van der Waals surface area contributed by atoms with Crippen LogP contribution in [0.1, 0.15) is 142 Å². The molecule has 0 saturated carbocycles. The molecular formula is C26H56N2O4. The lowest BCUT2D eigenvalue weighted by Gasteiger charge is -2.01. The normalized spacial score (nSPS) is 10.0. The van der Waals surface area contributed by atoms with Gasteiger partial charge in [-0.3, -0.25) is 0 Å². The summed E-state index contributed by atoms with van der Waals surface area (Å²) in [5, 5.41) is 20.0. The molecule has 0 unspecified atom stereocenters. The third-order valence-electron chi connectivity index (χ3n) is 5.22. The van der Waals surface area contributed by atoms with E-state index in [1.165, 1.54) is 89.9 Å². The van der Waals surface area contributed by atoms with Gasteiger partial charge in [0, 0.05) is 11.9 Å². The van der Waals surface area contributed by atoms with E-state index in [0.29, 0.717) is 0 Å². The van der Waals surface area contributed by atoms with Gasteiger partial charge in [-0.25, -0.2) is 0 Å². The van der Waals surface area contributed by atoms with Crippen molar-refractivity contribution in [1.29, 1.82) is 0 Å². The number of carboxylic acid groups (broad SMARTS) is 2. The maximum Gasteiger partial charge on any atom is 0.0739 e. The predicted molar refractivity (Wildman–Crippen MR) is 129 cm³/mol. The Balaban J connectivity index is -0.000000404. The molecule has 0 radical (unpaired) electrons. The quantitative estimate of drug-likeness (QED) is 0.254. The third kappa shape index (κ3) is 46.9. The largest absolute Gasteiger partial charge is 0.550 e. The van der Waals surface area contributed by atoms with Crippen molar-refractivity contribution < 1.29 is 31.3 Å². The van der Waals surface area contributed by atoms with E-state index in [1.54, 1.807) is 0 Å². The fourth-order valence-electron chi connectivity index (χ4n) is 3.16. The van der Waals surface area contributed by atoms with Gasteiger partial charge in [0.25, 0.3) is 0 Å². The summed E-state index contributed by atoms with van der Waals surface area (Å²) in [6.45, 7) is 6.57. The van der Waals surface area contributed by atoms with E-state index in [2.05, 4.69) is 25.3 Å². The molecule has 6 N–H and O–H groups in total. The second-order valence-corrected chi connectivity index (χ2v) is 8.61. The molecule has 0 atom stereocenters. The van der Waals surface area contributed by atoms with Gasteiger partial charge in [0.1, 0.15) is 0 Å². The summed E-state index contributed by atoms with van der Waals surface area (Å²) in [4.78, 5) is 20.0. The maximum atomic E-state index is 10.0. The van der Waals surface area contributed by atoms with Crippen molar-refractivity contribution >= 4 is 11.9 Å². The Labute approximate surface area is 198 Å². The molecule has 0 spiro atoms. The van der Waals surface area contributed by atoms with Crippen molar-refractivity contribution in [2.75, 3.05) is 13.1 Å². The SMILES string of the molecule is CCCCCCCCCC(=O)[O-].CCCCCCCCCC(=O)[O-].[NH3+]CCCCCC[NH3+]. The fourth-order valence-corrected chi connectivity index (χ4v) is 3.16. The molecule has 0 amide bonds. The van der Waals surface area contributed by atoms with Gasteiger partial charge in [-0.15, -0.1) is 0 Å². The lowest BCUT2D eigenvalue weighted by molar-refractivity contribution is -0.371. The Morgan fingerprint density at radius 2 is 0.719 bits per heavy atom. The van der Waals surface area contributed by atoms with Crippen LogP contribution in [0.25, 0.3) is 0 Å². The van der Waals surface area contributed by atoms with Crippen LogP contribution in [-0.4, -0.2) is 25.0 Å². The van der Waals surface area contributed by atoms with Gasteiger partial charge in [-0.05, 0) is 51.4 Å². The van der Waals surface area contributed by atoms with Crippen LogP contribution in [-0.2, 0) is 9.59 Å². The minimum Gasteiger partial charge on any atom is -0.550 e. The number of unbranched alkanes of at least 4 members (excludes halogenated alkanes) is 15. The van der Waals surface area contributed by atoms with E-state index in [1.807, 2.05) is 0 Å². The summed E-state index contributed by atoms with van der Waals surface area (Å²) >= 11 is 0. The molecule has 32 heavy (non-hydrogen) atoms. The average Bonchev–Trinajstić information content (AvgIpc) is 2.76. The zero-order chi connectivity index (χ0) is 24.7. The number of carboxylic acids is 2. The number of hydrogen-bond donors (Lipinski definition) is 2. The summed E-state index contributed by atoms with van der Waals surface area (Å²) in [6, 6.07) is 0. The summed E-state index contributed by atoms with van der Waals surface area (Å²) in [5.74, 6) is -1.83. The van der Waals surface area contributed by atoms with E-state index in [9.17, 15) is 19.8 Å². The van der Waals surface area contributed by atoms with Gasteiger partial charge in [-0.1, -0.05) is 90.9 Å². The lowest BCUT2D eigenvalue weighted by Crippen LogP contribution is -2.50. The zero-order valence-electron chi connectivity index (χ0n) is 21.6. The second kappa shape index (κ2) is 34.5. The van der Waals surface area contributed by atoms with Crippen LogP contribution < -0.4 is 21.7 Å². The standard InChI is InChI=1S/2C10H20O2.C6H16N2/c2*1-2-3-4-5-6-7-8-9-10(11)12;7-5-3-1-2-4-6-8/h2*2-9H2,1H3,(H,11,12);1-8H2. The van der Waals surface area contributed by atoms with Crippen molar-refractivity contribution in [3.05, 3.63) is 0 Å². The van der Waals surface area contributed by atoms with Crippen LogP contribution in [0.15, 0.2) is 0 Å². The molecular weight excluding hydrogens is 404 g/mol. The number of rotatable bonds is 21. The second-order valence-electron chi connectivity index (χ2n) is 8.61. The van der Waals surface area contributed by atoms with E-state index in [4.69, 9.17) is 0 Å². The number of hydrogen-bond acceptors (Lipinski definition) is 4. The molecule has 0 heterocycles. The molecule has 0 aliphatic heterocycles. The van der Waals surface area contributed by atoms with Crippen molar-refractivity contribution in [3.8, 4) is 0 Å². The molecule has 0 aliphatic carbocycles. The van der Waals surface area contributed by atoms with Crippen LogP contribution in [0.3, 0.4) is 0 Å². The van der Waals surface area contributed by atoms with Crippen molar-refractivity contribution in [3.63, 3.8) is 0 Å². The van der Waals surface area contributed by atoms with Crippen LogP contribution in [0.4, 0.5) is 0 Å². The van der Waals surface area contributed by atoms with E-state index in [0.717, 1.165) is 38.8 Å². The maximum absolute atomic E-state index is 10.0. The van der Waals surface area contributed by atoms with Gasteiger partial charge < -0.3 is 31.3 Å². The first kappa shape index (κ1) is 35.4. The zero-order valence-corrected chi connectivity index (χ0v) is 21.6. The summed E-state index contributed by atoms with van der Waals surface area (Å²) < 4.78 is 0. The van der Waals surface area contributed by atoms with Crippen LogP contribution in [0.2, 0.25) is 0 Å². The lowest BCUT2D eigenvalue weighted by atomic mass is 10.1. The van der Waals surface area contributed by atoms with E-state index in [-0.39, 0.29) is 12.8 Å². The van der Waals surface area contributed by atoms with Gasteiger partial charge in [0.2, 0.25) is 0 Å². The summed E-state index contributed by atoms with van der Waals surface area (Å²) in [6.07, 6.45) is 22.0. The Morgan fingerprint density at radius 3 is 0.969 bits per heavy atom. The average molecular weight is 461 g/mol. The Kier molecular flexibility index (Phi) is 38.2. The topological polar surface area (TPSA) is 136 Å². The first-order valence-electron chi connectivity index (χ1n) is 13.4. The Morgan fingerprint density at radius 1 is 0.469 bits per heavy atom. The van der Waals surface area contributed by atoms with Crippen LogP contribution in [0.5, 0.6) is 0 Å². The number of quaternary nitrogens is 2. The molecule has 0 fully saturated rings. The molecule has 6 nitrogen and oxygen atoms in total. The molecule has 194 valence electrons. The van der Waals surface area contributed by atoms with Gasteiger partial charge in [0.05, 0.1) is 13.1 Å². The highest BCUT2D eigenvalue weighted by molar-refractivity contribution is 5.64. The molecule has 0 aromatic heterocycles. The van der Waals surface area contributed by atoms with E-state index >= 15 is 0 Å². The minimum absolute atomic E-state index is 0.230. The van der Waals surface area contributed by atoms with Crippen molar-refractivity contribution in [1.82, 2.24) is 0 Å². The van der Waals surface area contributed by atoms with Crippen molar-refractivity contribution in [2.24, 2.45) is 0 Å². The molecule has 0 aliphatic rings. The van der Waals surface area contributed by atoms with Crippen molar-refractivity contribution in [2.45, 2.75) is 142 Å². The molecule has 6 heteroatoms. The summed E-state index contributed by atoms with van der Waals surface area (Å²) in [7, 11) is 0. The van der Waals surface area contributed by atoms with Gasteiger partial charge >= 0.3 is 0 Å². The monoisotopic (exact) mass is 460 g/mol. The molecule has 0 aromatic carbocycles. The molecule has 0 rings (SSSR count). The first-order chi connectivity index (χ1) is 15.5. The molecule has 0 saturated heterocycles. The molecule has 0 bridgehead atoms. The highest BCUT2D eigenvalue weighted by atomic mass is 16.4. The number of carbonyl (C=O) groups excluding carboxylic acids is 2. The first-order valence-corrected chi connectivity index (χ1v) is 13.4. The Hall–Kier alpha value is -1.14. The molecule has 0 aromatic rings. The highest BCUT2D eigenvalue weighted by Crippen LogP contribution is 2.08. The predicted octanol–water partition coefficient (Wildman–Crippen LogP) is 2.78. The van der Waals surface area contributed by atoms with Gasteiger partial charge in [0.15, 0.2) is 0 Å². The number of carbonyl (C=O) groups is 2. The van der Waals surface area contributed by atoms with E-state index < -0.39 is 11.9 Å². The summed E-state index contributed by atoms with van der Waals surface area (Å²) in [5.41, 5.74) is 7.54. The fraction of sp³-hybridized carbons (Fsp3) is 0.923. The highest BCUT2D eigenvalue weighted by Gasteiger charge is 1.91. The Bertz CT molecular complexity index is 332. The smallest absolute Gasteiger partial charge is 0.0739 e. The minimum atomic E-state index is -0.913. The van der Waals surface area contributed by atoms with Crippen LogP contribution in [0, 0.1) is 0 Å². The van der Waals surface area contributed by atoms with Crippen LogP contribution >= 0.6 is 0 Å². The number of aliphatic carboxylic acids is 2.